The van der Waals surface area contributed by atoms with Crippen molar-refractivity contribution in [2.45, 2.75) is 76.8 Å². The standard InChI is InChI=1S/C21H34N4O/c1-24(2)21(26)20-18-12-17(22-13-15-8-9-15)10-11-19(18)25(23-20)14-16-6-4-3-5-7-16/h15-17,22H,3-14H2,1-2H3/t17-/m0/s1. The average molecular weight is 359 g/mol. The summed E-state index contributed by atoms with van der Waals surface area (Å²) in [5.41, 5.74) is 3.27. The van der Waals surface area contributed by atoms with Gasteiger partial charge in [-0.05, 0) is 63.3 Å². The Labute approximate surface area is 157 Å². The number of rotatable bonds is 6. The largest absolute Gasteiger partial charge is 0.343 e. The van der Waals surface area contributed by atoms with Crippen molar-refractivity contribution >= 4 is 5.91 Å². The van der Waals surface area contributed by atoms with Crippen LogP contribution < -0.4 is 5.32 Å². The van der Waals surface area contributed by atoms with E-state index in [2.05, 4.69) is 10.00 Å². The van der Waals surface area contributed by atoms with E-state index in [4.69, 9.17) is 5.10 Å². The van der Waals surface area contributed by atoms with Crippen LogP contribution in [0.15, 0.2) is 0 Å². The molecule has 0 aromatic carbocycles. The molecular weight excluding hydrogens is 324 g/mol. The minimum atomic E-state index is 0.0616. The van der Waals surface area contributed by atoms with Gasteiger partial charge < -0.3 is 10.2 Å². The highest BCUT2D eigenvalue weighted by atomic mass is 16.2. The summed E-state index contributed by atoms with van der Waals surface area (Å²) in [5.74, 6) is 1.69. The fraction of sp³-hybridized carbons (Fsp3) is 0.810. The van der Waals surface area contributed by atoms with Gasteiger partial charge >= 0.3 is 0 Å². The summed E-state index contributed by atoms with van der Waals surface area (Å²) in [4.78, 5) is 14.4. The first-order chi connectivity index (χ1) is 12.6. The number of aromatic nitrogens is 2. The lowest BCUT2D eigenvalue weighted by Gasteiger charge is -2.26. The minimum Gasteiger partial charge on any atom is -0.343 e. The molecule has 3 aliphatic rings. The number of hydrogen-bond acceptors (Lipinski definition) is 3. The molecule has 1 amide bonds. The van der Waals surface area contributed by atoms with Crippen molar-refractivity contribution < 1.29 is 4.79 Å². The highest BCUT2D eigenvalue weighted by molar-refractivity contribution is 5.93. The molecule has 0 unspecified atom stereocenters. The lowest BCUT2D eigenvalue weighted by molar-refractivity contribution is 0.0819. The van der Waals surface area contributed by atoms with Gasteiger partial charge in [-0.25, -0.2) is 0 Å². The van der Waals surface area contributed by atoms with E-state index < -0.39 is 0 Å². The number of carbonyl (C=O) groups is 1. The van der Waals surface area contributed by atoms with Crippen molar-refractivity contribution in [2.75, 3.05) is 20.6 Å². The maximum Gasteiger partial charge on any atom is 0.274 e. The van der Waals surface area contributed by atoms with E-state index in [9.17, 15) is 4.79 Å². The quantitative estimate of drug-likeness (QED) is 0.850. The Kier molecular flexibility index (Phi) is 5.35. The molecule has 1 N–H and O–H groups in total. The van der Waals surface area contributed by atoms with Gasteiger partial charge in [0.2, 0.25) is 0 Å². The Hall–Kier alpha value is -1.36. The van der Waals surface area contributed by atoms with Gasteiger partial charge in [0.05, 0.1) is 0 Å². The molecule has 0 spiro atoms. The van der Waals surface area contributed by atoms with Gasteiger partial charge in [0.15, 0.2) is 5.69 Å². The van der Waals surface area contributed by atoms with E-state index in [1.807, 2.05) is 14.1 Å². The zero-order valence-electron chi connectivity index (χ0n) is 16.5. The van der Waals surface area contributed by atoms with Gasteiger partial charge in [-0.1, -0.05) is 19.3 Å². The van der Waals surface area contributed by atoms with E-state index in [0.29, 0.717) is 11.7 Å². The third-order valence-corrected chi connectivity index (χ3v) is 6.50. The number of carbonyl (C=O) groups excluding carboxylic acids is 1. The Morgan fingerprint density at radius 1 is 1.12 bits per heavy atom. The summed E-state index contributed by atoms with van der Waals surface area (Å²) in [7, 11) is 3.67. The third-order valence-electron chi connectivity index (χ3n) is 6.50. The van der Waals surface area contributed by atoms with Crippen LogP contribution in [0.4, 0.5) is 0 Å². The summed E-state index contributed by atoms with van der Waals surface area (Å²) in [5, 5.41) is 8.60. The lowest BCUT2D eigenvalue weighted by Crippen LogP contribution is -2.36. The molecule has 144 valence electrons. The topological polar surface area (TPSA) is 50.2 Å². The van der Waals surface area contributed by atoms with E-state index in [-0.39, 0.29) is 5.91 Å². The monoisotopic (exact) mass is 358 g/mol. The van der Waals surface area contributed by atoms with Crippen LogP contribution in [0.1, 0.15) is 73.1 Å². The average Bonchev–Trinajstić information content (AvgIpc) is 3.42. The SMILES string of the molecule is CN(C)C(=O)c1nn(CC2CCCCC2)c2c1C[C@@H](NCC1CC1)CC2. The van der Waals surface area contributed by atoms with Gasteiger partial charge in [-0.15, -0.1) is 0 Å². The lowest BCUT2D eigenvalue weighted by atomic mass is 9.88. The molecular formula is C21H34N4O. The molecule has 5 heteroatoms. The Morgan fingerprint density at radius 2 is 1.88 bits per heavy atom. The maximum absolute atomic E-state index is 12.7. The van der Waals surface area contributed by atoms with Crippen molar-refractivity contribution in [3.8, 4) is 0 Å². The molecule has 0 radical (unpaired) electrons. The number of nitrogens with zero attached hydrogens (tertiary/aromatic N) is 3. The fourth-order valence-electron chi connectivity index (χ4n) is 4.67. The smallest absolute Gasteiger partial charge is 0.274 e. The summed E-state index contributed by atoms with van der Waals surface area (Å²) in [6.45, 7) is 2.15. The first-order valence-electron chi connectivity index (χ1n) is 10.7. The maximum atomic E-state index is 12.7. The second-order valence-electron chi connectivity index (χ2n) is 8.95. The van der Waals surface area contributed by atoms with Crippen LogP contribution in [0.2, 0.25) is 0 Å². The van der Waals surface area contributed by atoms with Gasteiger partial charge in [0.1, 0.15) is 0 Å². The number of fused-ring (bicyclic) bond motifs is 1. The molecule has 1 atom stereocenters. The Bertz CT molecular complexity index is 641. The molecule has 1 aromatic heterocycles. The molecule has 0 saturated heterocycles. The Morgan fingerprint density at radius 3 is 2.58 bits per heavy atom. The van der Waals surface area contributed by atoms with E-state index in [1.54, 1.807) is 4.90 Å². The van der Waals surface area contributed by atoms with Gasteiger partial charge in [0.25, 0.3) is 5.91 Å². The molecule has 5 nitrogen and oxygen atoms in total. The first-order valence-corrected chi connectivity index (χ1v) is 10.7. The van der Waals surface area contributed by atoms with E-state index in [1.165, 1.54) is 62.6 Å². The van der Waals surface area contributed by atoms with E-state index in [0.717, 1.165) is 37.8 Å². The summed E-state index contributed by atoms with van der Waals surface area (Å²) in [6.07, 6.45) is 12.7. The van der Waals surface area contributed by atoms with Crippen molar-refractivity contribution in [1.82, 2.24) is 20.0 Å². The summed E-state index contributed by atoms with van der Waals surface area (Å²) in [6, 6.07) is 0.504. The number of nitrogens with one attached hydrogen (secondary N) is 1. The molecule has 0 aliphatic heterocycles. The van der Waals surface area contributed by atoms with Crippen LogP contribution in [0.3, 0.4) is 0 Å². The minimum absolute atomic E-state index is 0.0616. The summed E-state index contributed by atoms with van der Waals surface area (Å²) >= 11 is 0. The van der Waals surface area contributed by atoms with Crippen LogP contribution in [-0.2, 0) is 19.4 Å². The van der Waals surface area contributed by atoms with Crippen molar-refractivity contribution in [3.63, 3.8) is 0 Å². The number of amides is 1. The van der Waals surface area contributed by atoms with Gasteiger partial charge in [-0.3, -0.25) is 9.48 Å². The molecule has 3 aliphatic carbocycles. The van der Waals surface area contributed by atoms with Crippen LogP contribution in [0.5, 0.6) is 0 Å². The normalized spacial score (nSPS) is 23.7. The van der Waals surface area contributed by atoms with Crippen LogP contribution in [0.25, 0.3) is 0 Å². The van der Waals surface area contributed by atoms with Crippen molar-refractivity contribution in [1.29, 1.82) is 0 Å². The van der Waals surface area contributed by atoms with Gasteiger partial charge in [0, 0.05) is 37.9 Å². The number of hydrogen-bond donors (Lipinski definition) is 1. The first kappa shape index (κ1) is 18.0. The fourth-order valence-corrected chi connectivity index (χ4v) is 4.67. The van der Waals surface area contributed by atoms with Crippen LogP contribution in [0, 0.1) is 11.8 Å². The molecule has 2 fully saturated rings. The third kappa shape index (κ3) is 3.98. The zero-order valence-corrected chi connectivity index (χ0v) is 16.5. The predicted octanol–water partition coefficient (Wildman–Crippen LogP) is 3.02. The van der Waals surface area contributed by atoms with E-state index >= 15 is 0 Å². The van der Waals surface area contributed by atoms with Crippen LogP contribution >= 0.6 is 0 Å². The predicted molar refractivity (Wildman–Crippen MR) is 103 cm³/mol. The molecule has 26 heavy (non-hydrogen) atoms. The summed E-state index contributed by atoms with van der Waals surface area (Å²) < 4.78 is 2.21. The molecule has 1 heterocycles. The molecule has 2 saturated carbocycles. The van der Waals surface area contributed by atoms with Gasteiger partial charge in [-0.2, -0.15) is 5.10 Å². The highest BCUT2D eigenvalue weighted by Gasteiger charge is 2.31. The van der Waals surface area contributed by atoms with Crippen molar-refractivity contribution in [3.05, 3.63) is 17.0 Å². The molecule has 0 bridgehead atoms. The Balaban J connectivity index is 1.53. The zero-order chi connectivity index (χ0) is 18.1. The van der Waals surface area contributed by atoms with Crippen molar-refractivity contribution in [2.24, 2.45) is 11.8 Å². The highest BCUT2D eigenvalue weighted by Crippen LogP contribution is 2.31. The van der Waals surface area contributed by atoms with Crippen LogP contribution in [-0.4, -0.2) is 47.3 Å². The molecule has 1 aromatic rings. The molecule has 4 rings (SSSR count). The second-order valence-corrected chi connectivity index (χ2v) is 8.95. The second kappa shape index (κ2) is 7.71.